The van der Waals surface area contributed by atoms with Crippen LogP contribution in [0.2, 0.25) is 0 Å². The summed E-state index contributed by atoms with van der Waals surface area (Å²) in [6.07, 6.45) is 4.11. The lowest BCUT2D eigenvalue weighted by Crippen LogP contribution is -2.41. The summed E-state index contributed by atoms with van der Waals surface area (Å²) in [7, 11) is -0.709. The SMILES string of the molecule is CC(CS(C)=O)NC1CCN(CCc2ccccc2)C1. The highest BCUT2D eigenvalue weighted by atomic mass is 32.2. The molecule has 0 aromatic heterocycles. The first-order valence-corrected chi connectivity index (χ1v) is 9.18. The van der Waals surface area contributed by atoms with Gasteiger partial charge in [0, 0.05) is 48.0 Å². The van der Waals surface area contributed by atoms with Crippen LogP contribution in [-0.4, -0.2) is 52.8 Å². The largest absolute Gasteiger partial charge is 0.309 e. The maximum absolute atomic E-state index is 11.2. The van der Waals surface area contributed by atoms with E-state index >= 15 is 0 Å². The highest BCUT2D eigenvalue weighted by Gasteiger charge is 2.23. The van der Waals surface area contributed by atoms with Crippen molar-refractivity contribution in [1.82, 2.24) is 10.2 Å². The Balaban J connectivity index is 1.68. The van der Waals surface area contributed by atoms with Gasteiger partial charge in [0.1, 0.15) is 0 Å². The van der Waals surface area contributed by atoms with Crippen LogP contribution < -0.4 is 5.32 Å². The van der Waals surface area contributed by atoms with Crippen molar-refractivity contribution in [3.63, 3.8) is 0 Å². The molecule has 3 unspecified atom stereocenters. The summed E-state index contributed by atoms with van der Waals surface area (Å²) in [5.41, 5.74) is 1.42. The molecular weight excluding hydrogens is 268 g/mol. The second-order valence-electron chi connectivity index (χ2n) is 5.83. The zero-order valence-corrected chi connectivity index (χ0v) is 13.4. The molecule has 1 heterocycles. The van der Waals surface area contributed by atoms with Gasteiger partial charge in [0.15, 0.2) is 0 Å². The van der Waals surface area contributed by atoms with Crippen LogP contribution in [0.4, 0.5) is 0 Å². The van der Waals surface area contributed by atoms with Gasteiger partial charge in [0.25, 0.3) is 0 Å². The van der Waals surface area contributed by atoms with E-state index in [4.69, 9.17) is 0 Å². The highest BCUT2D eigenvalue weighted by Crippen LogP contribution is 2.11. The lowest BCUT2D eigenvalue weighted by atomic mass is 10.1. The molecule has 0 aliphatic carbocycles. The fraction of sp³-hybridized carbons (Fsp3) is 0.625. The van der Waals surface area contributed by atoms with Gasteiger partial charge in [-0.3, -0.25) is 4.21 Å². The molecule has 3 nitrogen and oxygen atoms in total. The van der Waals surface area contributed by atoms with Crippen molar-refractivity contribution in [3.8, 4) is 0 Å². The maximum Gasteiger partial charge on any atom is 0.0383 e. The predicted octanol–water partition coefficient (Wildman–Crippen LogP) is 1.66. The van der Waals surface area contributed by atoms with Gasteiger partial charge in [-0.25, -0.2) is 0 Å². The first kappa shape index (κ1) is 15.7. The molecule has 0 bridgehead atoms. The average Bonchev–Trinajstić information content (AvgIpc) is 2.84. The normalized spacial score (nSPS) is 22.8. The van der Waals surface area contributed by atoms with Crippen LogP contribution >= 0.6 is 0 Å². The van der Waals surface area contributed by atoms with E-state index < -0.39 is 10.8 Å². The molecule has 0 amide bonds. The molecule has 1 aliphatic rings. The monoisotopic (exact) mass is 294 g/mol. The Morgan fingerprint density at radius 3 is 2.85 bits per heavy atom. The Hall–Kier alpha value is -0.710. The summed E-state index contributed by atoms with van der Waals surface area (Å²) in [5.74, 6) is 0.751. The molecular formula is C16H26N2OS. The molecule has 1 aliphatic heterocycles. The summed E-state index contributed by atoms with van der Waals surface area (Å²) in [5, 5.41) is 3.60. The zero-order chi connectivity index (χ0) is 14.4. The summed E-state index contributed by atoms with van der Waals surface area (Å²) < 4.78 is 11.2. The number of benzene rings is 1. The van der Waals surface area contributed by atoms with E-state index in [1.807, 2.05) is 0 Å². The number of likely N-dealkylation sites (tertiary alicyclic amines) is 1. The lowest BCUT2D eigenvalue weighted by molar-refractivity contribution is 0.328. The average molecular weight is 294 g/mol. The Kier molecular flexibility index (Phi) is 6.20. The van der Waals surface area contributed by atoms with Crippen molar-refractivity contribution in [3.05, 3.63) is 35.9 Å². The number of rotatable bonds is 7. The van der Waals surface area contributed by atoms with Crippen LogP contribution in [0.5, 0.6) is 0 Å². The second-order valence-corrected chi connectivity index (χ2v) is 7.31. The molecule has 0 spiro atoms. The van der Waals surface area contributed by atoms with Gasteiger partial charge in [0.05, 0.1) is 0 Å². The Morgan fingerprint density at radius 1 is 1.40 bits per heavy atom. The van der Waals surface area contributed by atoms with Gasteiger partial charge in [-0.1, -0.05) is 30.3 Å². The highest BCUT2D eigenvalue weighted by molar-refractivity contribution is 7.84. The number of nitrogens with one attached hydrogen (secondary N) is 1. The molecule has 1 fully saturated rings. The van der Waals surface area contributed by atoms with Crippen molar-refractivity contribution < 1.29 is 4.21 Å². The molecule has 20 heavy (non-hydrogen) atoms. The van der Waals surface area contributed by atoms with Gasteiger partial charge < -0.3 is 10.2 Å². The fourth-order valence-corrected chi connectivity index (χ4v) is 3.71. The molecule has 1 saturated heterocycles. The van der Waals surface area contributed by atoms with E-state index in [0.29, 0.717) is 12.1 Å². The fourth-order valence-electron chi connectivity index (χ4n) is 2.91. The summed E-state index contributed by atoms with van der Waals surface area (Å²) in [4.78, 5) is 2.53. The van der Waals surface area contributed by atoms with Crippen LogP contribution in [0.15, 0.2) is 30.3 Å². The Labute approximate surface area is 125 Å². The van der Waals surface area contributed by atoms with Crippen LogP contribution in [0.1, 0.15) is 18.9 Å². The Bertz CT molecular complexity index is 424. The topological polar surface area (TPSA) is 32.3 Å². The predicted molar refractivity (Wildman–Crippen MR) is 86.5 cm³/mol. The first-order valence-electron chi connectivity index (χ1n) is 7.46. The minimum atomic E-state index is -0.709. The zero-order valence-electron chi connectivity index (χ0n) is 12.5. The van der Waals surface area contributed by atoms with Gasteiger partial charge in [-0.05, 0) is 31.9 Å². The van der Waals surface area contributed by atoms with Crippen LogP contribution in [0, 0.1) is 0 Å². The number of nitrogens with zero attached hydrogens (tertiary/aromatic N) is 1. The van der Waals surface area contributed by atoms with Crippen LogP contribution in [-0.2, 0) is 17.2 Å². The van der Waals surface area contributed by atoms with E-state index in [-0.39, 0.29) is 0 Å². The molecule has 2 rings (SSSR count). The lowest BCUT2D eigenvalue weighted by Gasteiger charge is -2.20. The van der Waals surface area contributed by atoms with E-state index in [0.717, 1.165) is 25.3 Å². The van der Waals surface area contributed by atoms with Gasteiger partial charge in [-0.15, -0.1) is 0 Å². The van der Waals surface area contributed by atoms with Crippen LogP contribution in [0.3, 0.4) is 0 Å². The van der Waals surface area contributed by atoms with Gasteiger partial charge in [-0.2, -0.15) is 0 Å². The minimum absolute atomic E-state index is 0.347. The summed E-state index contributed by atoms with van der Waals surface area (Å²) in [6.45, 7) is 5.56. The summed E-state index contributed by atoms with van der Waals surface area (Å²) in [6, 6.07) is 11.6. The quantitative estimate of drug-likeness (QED) is 0.830. The smallest absolute Gasteiger partial charge is 0.0383 e. The molecule has 3 atom stereocenters. The molecule has 0 saturated carbocycles. The number of hydrogen-bond donors (Lipinski definition) is 1. The Morgan fingerprint density at radius 2 is 2.15 bits per heavy atom. The third kappa shape index (κ3) is 5.35. The van der Waals surface area contributed by atoms with Crippen molar-refractivity contribution in [2.24, 2.45) is 0 Å². The number of hydrogen-bond acceptors (Lipinski definition) is 3. The maximum atomic E-state index is 11.2. The second kappa shape index (κ2) is 7.91. The third-order valence-corrected chi connectivity index (χ3v) is 4.81. The first-order chi connectivity index (χ1) is 9.63. The third-order valence-electron chi connectivity index (χ3n) is 3.84. The van der Waals surface area contributed by atoms with Gasteiger partial charge in [0.2, 0.25) is 0 Å². The van der Waals surface area contributed by atoms with Crippen molar-refractivity contribution in [1.29, 1.82) is 0 Å². The molecule has 1 aromatic carbocycles. The molecule has 112 valence electrons. The molecule has 0 radical (unpaired) electrons. The summed E-state index contributed by atoms with van der Waals surface area (Å²) >= 11 is 0. The van der Waals surface area contributed by atoms with Crippen molar-refractivity contribution in [2.45, 2.75) is 31.8 Å². The molecule has 1 aromatic rings. The van der Waals surface area contributed by atoms with Crippen molar-refractivity contribution in [2.75, 3.05) is 31.6 Å². The van der Waals surface area contributed by atoms with Crippen molar-refractivity contribution >= 4 is 10.8 Å². The van der Waals surface area contributed by atoms with E-state index in [1.54, 1.807) is 6.26 Å². The standard InChI is InChI=1S/C16H26N2OS/c1-14(13-20(2)19)17-16-9-11-18(12-16)10-8-15-6-4-3-5-7-15/h3-7,14,16-17H,8-13H2,1-2H3. The molecule has 1 N–H and O–H groups in total. The molecule has 4 heteroatoms. The van der Waals surface area contributed by atoms with Gasteiger partial charge >= 0.3 is 0 Å². The van der Waals surface area contributed by atoms with E-state index in [2.05, 4.69) is 47.5 Å². The van der Waals surface area contributed by atoms with Crippen LogP contribution in [0.25, 0.3) is 0 Å². The van der Waals surface area contributed by atoms with E-state index in [9.17, 15) is 4.21 Å². The van der Waals surface area contributed by atoms with E-state index in [1.165, 1.54) is 18.5 Å². The minimum Gasteiger partial charge on any atom is -0.309 e.